The number of aryl methyl sites for hydroxylation is 2. The quantitative estimate of drug-likeness (QED) is 0.310. The number of phenolic OH excluding ortho intramolecular Hbond substituents is 1. The molecule has 3 N–H and O–H groups in total. The molecule has 7 nitrogen and oxygen atoms in total. The van der Waals surface area contributed by atoms with E-state index in [1.807, 2.05) is 0 Å². The van der Waals surface area contributed by atoms with Crippen molar-refractivity contribution in [1.29, 1.82) is 0 Å². The predicted octanol–water partition coefficient (Wildman–Crippen LogP) is 1.06. The molecule has 0 bridgehead atoms. The Morgan fingerprint density at radius 1 is 0.968 bits per heavy atom. The van der Waals surface area contributed by atoms with Gasteiger partial charge in [0.05, 0.1) is 5.56 Å². The number of cyclic esters (lactones) is 1. The number of carbonyl (C=O) groups excluding carboxylic acids is 1. The van der Waals surface area contributed by atoms with Crippen LogP contribution in [0.15, 0.2) is 60.7 Å². The Labute approximate surface area is 202 Å². The largest absolute Gasteiger partial charge is 1.00 e. The number of esters is 1. The van der Waals surface area contributed by atoms with Crippen molar-refractivity contribution >= 4 is 13.8 Å². The molecule has 0 spiro atoms. The number of phosphoric acid groups is 1. The van der Waals surface area contributed by atoms with Crippen LogP contribution in [0.25, 0.3) is 0 Å². The van der Waals surface area contributed by atoms with Gasteiger partial charge in [0.15, 0.2) is 5.60 Å². The summed E-state index contributed by atoms with van der Waals surface area (Å²) >= 11 is 0. The number of hydrogen-bond acceptors (Lipinski definition) is 5. The molecule has 0 radical (unpaired) electrons. The summed E-state index contributed by atoms with van der Waals surface area (Å²) in [5, 5.41) is 9.98. The molecule has 0 aromatic heterocycles. The van der Waals surface area contributed by atoms with Crippen LogP contribution < -0.4 is 34.1 Å². The van der Waals surface area contributed by atoms with Crippen LogP contribution >= 0.6 is 7.82 Å². The Bertz CT molecular complexity index is 1230. The Hall–Kier alpha value is -2.12. The average molecular weight is 450 g/mol. The maximum absolute atomic E-state index is 12.7. The molecule has 0 aliphatic carbocycles. The number of carbonyl (C=O) groups is 1. The SMILES string of the molecule is Cc1cc(C2(c3ccc(OP(=O)(O)O)c(C)c3)OC(=O)c3ccccc32)ccc1O.[H-].[Na+]. The van der Waals surface area contributed by atoms with Crippen LogP contribution in [0.1, 0.15) is 39.6 Å². The van der Waals surface area contributed by atoms with Crippen molar-refractivity contribution in [3.8, 4) is 11.5 Å². The molecule has 1 unspecified atom stereocenters. The van der Waals surface area contributed by atoms with Gasteiger partial charge in [0.2, 0.25) is 0 Å². The summed E-state index contributed by atoms with van der Waals surface area (Å²) in [6, 6.07) is 16.7. The van der Waals surface area contributed by atoms with E-state index in [0.29, 0.717) is 33.4 Å². The standard InChI is InChI=1S/C22H19O7P.Na.H/c1-13-11-15(7-9-19(13)23)22(18-6-4-3-5-17(18)21(24)28-22)16-8-10-20(14(2)12-16)29-30(25,26)27;;/h3-12,23H,1-2H3,(H2,25,26,27);;/q;+1;-1. The van der Waals surface area contributed by atoms with Gasteiger partial charge in [-0.15, -0.1) is 0 Å². The smallest absolute Gasteiger partial charge is 1.00 e. The first-order valence-electron chi connectivity index (χ1n) is 9.11. The molecule has 9 heteroatoms. The van der Waals surface area contributed by atoms with Crippen LogP contribution in [0.3, 0.4) is 0 Å². The number of phenols is 1. The monoisotopic (exact) mass is 450 g/mol. The first-order valence-corrected chi connectivity index (χ1v) is 10.6. The van der Waals surface area contributed by atoms with E-state index in [1.165, 1.54) is 6.07 Å². The van der Waals surface area contributed by atoms with Crippen LogP contribution in [-0.2, 0) is 14.9 Å². The number of aromatic hydroxyl groups is 1. The van der Waals surface area contributed by atoms with Crippen molar-refractivity contribution in [2.45, 2.75) is 19.4 Å². The third kappa shape index (κ3) is 4.17. The van der Waals surface area contributed by atoms with E-state index in [1.54, 1.807) is 68.4 Å². The third-order valence-corrected chi connectivity index (χ3v) is 5.61. The van der Waals surface area contributed by atoms with Crippen LogP contribution in [0.5, 0.6) is 11.5 Å². The number of hydrogen-bond donors (Lipinski definition) is 3. The zero-order chi connectivity index (χ0) is 21.7. The molecule has 1 atom stereocenters. The zero-order valence-electron chi connectivity index (χ0n) is 18.2. The van der Waals surface area contributed by atoms with Crippen molar-refractivity contribution in [3.05, 3.63) is 94.0 Å². The first-order chi connectivity index (χ1) is 14.1. The molecule has 0 saturated carbocycles. The van der Waals surface area contributed by atoms with Gasteiger partial charge in [-0.25, -0.2) is 9.36 Å². The molecular weight excluding hydrogens is 430 g/mol. The number of fused-ring (bicyclic) bond motifs is 1. The second kappa shape index (κ2) is 8.43. The minimum Gasteiger partial charge on any atom is -1.00 e. The molecule has 3 aromatic rings. The summed E-state index contributed by atoms with van der Waals surface area (Å²) in [6.45, 7) is 3.39. The minimum atomic E-state index is -4.72. The van der Waals surface area contributed by atoms with E-state index in [4.69, 9.17) is 19.0 Å². The van der Waals surface area contributed by atoms with Gasteiger partial charge in [-0.05, 0) is 55.3 Å². The second-order valence-electron chi connectivity index (χ2n) is 7.18. The molecule has 156 valence electrons. The van der Waals surface area contributed by atoms with Crippen LogP contribution in [0, 0.1) is 13.8 Å². The fraction of sp³-hybridized carbons (Fsp3) is 0.136. The molecule has 4 rings (SSSR count). The van der Waals surface area contributed by atoms with Crippen molar-refractivity contribution in [3.63, 3.8) is 0 Å². The number of phosphoric ester groups is 1. The normalized spacial score (nSPS) is 17.5. The van der Waals surface area contributed by atoms with Gasteiger partial charge in [-0.2, -0.15) is 0 Å². The van der Waals surface area contributed by atoms with Gasteiger partial charge in [0, 0.05) is 16.7 Å². The van der Waals surface area contributed by atoms with Crippen LogP contribution in [0.4, 0.5) is 0 Å². The van der Waals surface area contributed by atoms with Crippen molar-refractivity contribution in [1.82, 2.24) is 0 Å². The Morgan fingerprint density at radius 3 is 2.19 bits per heavy atom. The van der Waals surface area contributed by atoms with E-state index in [2.05, 4.69) is 0 Å². The molecule has 0 fully saturated rings. The van der Waals surface area contributed by atoms with Gasteiger partial charge >= 0.3 is 43.3 Å². The van der Waals surface area contributed by atoms with E-state index in [-0.39, 0.29) is 42.5 Å². The molecule has 31 heavy (non-hydrogen) atoms. The maximum atomic E-state index is 12.7. The molecule has 0 saturated heterocycles. The predicted molar refractivity (Wildman–Crippen MR) is 110 cm³/mol. The van der Waals surface area contributed by atoms with E-state index < -0.39 is 19.4 Å². The maximum Gasteiger partial charge on any atom is 1.00 e. The molecule has 1 aliphatic rings. The van der Waals surface area contributed by atoms with Gasteiger partial charge in [-0.1, -0.05) is 30.3 Å². The fourth-order valence-corrected chi connectivity index (χ4v) is 4.25. The molecule has 1 aliphatic heterocycles. The topological polar surface area (TPSA) is 113 Å². The zero-order valence-corrected chi connectivity index (χ0v) is 20.1. The Balaban J connectivity index is 0.00000181. The summed E-state index contributed by atoms with van der Waals surface area (Å²) in [7, 11) is -4.72. The molecular formula is C22H20NaO7P. The molecule has 0 amide bonds. The molecule has 3 aromatic carbocycles. The van der Waals surface area contributed by atoms with E-state index >= 15 is 0 Å². The summed E-state index contributed by atoms with van der Waals surface area (Å²) in [5.41, 5.74) is 2.09. The van der Waals surface area contributed by atoms with Crippen molar-refractivity contribution in [2.24, 2.45) is 0 Å². The van der Waals surface area contributed by atoms with Gasteiger partial charge in [-0.3, -0.25) is 9.79 Å². The van der Waals surface area contributed by atoms with Crippen LogP contribution in [0.2, 0.25) is 0 Å². The number of benzene rings is 3. The molecule has 1 heterocycles. The average Bonchev–Trinajstić information content (AvgIpc) is 2.99. The van der Waals surface area contributed by atoms with Crippen LogP contribution in [-0.4, -0.2) is 20.9 Å². The second-order valence-corrected chi connectivity index (χ2v) is 8.34. The number of ether oxygens (including phenoxy) is 1. The number of rotatable bonds is 4. The van der Waals surface area contributed by atoms with Crippen molar-refractivity contribution in [2.75, 3.05) is 0 Å². The minimum absolute atomic E-state index is 0. The van der Waals surface area contributed by atoms with Crippen molar-refractivity contribution < 1.29 is 64.5 Å². The van der Waals surface area contributed by atoms with Gasteiger partial charge in [0.1, 0.15) is 11.5 Å². The van der Waals surface area contributed by atoms with Gasteiger partial charge in [0.25, 0.3) is 0 Å². The summed E-state index contributed by atoms with van der Waals surface area (Å²) in [6.07, 6.45) is 0. The summed E-state index contributed by atoms with van der Waals surface area (Å²) < 4.78 is 21.9. The van der Waals surface area contributed by atoms with E-state index in [0.717, 1.165) is 0 Å². The van der Waals surface area contributed by atoms with E-state index in [9.17, 15) is 14.5 Å². The Kier molecular flexibility index (Phi) is 6.40. The fourth-order valence-electron chi connectivity index (χ4n) is 3.79. The van der Waals surface area contributed by atoms with Gasteiger partial charge < -0.3 is 15.8 Å². The summed E-state index contributed by atoms with van der Waals surface area (Å²) in [4.78, 5) is 31.0. The summed E-state index contributed by atoms with van der Waals surface area (Å²) in [5.74, 6) is -0.334. The third-order valence-electron chi connectivity index (χ3n) is 5.17. The Morgan fingerprint density at radius 2 is 1.58 bits per heavy atom. The first kappa shape index (κ1) is 23.5.